The molecule has 8 aromatic rings. The van der Waals surface area contributed by atoms with E-state index in [-0.39, 0.29) is 25.7 Å². The van der Waals surface area contributed by atoms with Gasteiger partial charge in [0.15, 0.2) is 17.5 Å². The quantitative estimate of drug-likeness (QED) is 0.100. The maximum absolute atomic E-state index is 14.3. The molecule has 0 aliphatic carbocycles. The number of rotatable bonds is 4. The Morgan fingerprint density at radius 1 is 0.653 bits per heavy atom. The summed E-state index contributed by atoms with van der Waals surface area (Å²) >= 11 is -1.72. The normalized spacial score (nSPS) is 11.3. The molecule has 3 heterocycles. The number of pyridine rings is 2. The van der Waals surface area contributed by atoms with Crippen molar-refractivity contribution >= 4 is 50.4 Å². The van der Waals surface area contributed by atoms with Crippen LogP contribution in [-0.4, -0.2) is 23.2 Å². The molecule has 3 nitrogen and oxygen atoms in total. The minimum absolute atomic E-state index is 0. The Kier molecular flexibility index (Phi) is 9.89. The van der Waals surface area contributed by atoms with Crippen LogP contribution in [0.2, 0.25) is 17.3 Å². The third kappa shape index (κ3) is 6.97. The summed E-state index contributed by atoms with van der Waals surface area (Å²) in [4.78, 5) is 9.11. The maximum Gasteiger partial charge on any atom is 0 e. The van der Waals surface area contributed by atoms with Gasteiger partial charge in [-0.2, -0.15) is 0 Å². The van der Waals surface area contributed by atoms with Crippen LogP contribution in [0.5, 0.6) is 0 Å². The van der Waals surface area contributed by atoms with Gasteiger partial charge in [0.2, 0.25) is 0 Å². The third-order valence-electron chi connectivity index (χ3n) is 8.28. The van der Waals surface area contributed by atoms with Crippen molar-refractivity contribution in [3.8, 4) is 33.6 Å². The van der Waals surface area contributed by atoms with Crippen LogP contribution in [-0.2, 0) is 20.1 Å². The third-order valence-corrected chi connectivity index (χ3v) is 12.5. The second-order valence-electron chi connectivity index (χ2n) is 12.5. The van der Waals surface area contributed by atoms with Gasteiger partial charge in [-0.25, -0.2) is 13.2 Å². The summed E-state index contributed by atoms with van der Waals surface area (Å²) in [5.41, 5.74) is 4.98. The van der Waals surface area contributed by atoms with Crippen LogP contribution < -0.4 is 4.40 Å². The van der Waals surface area contributed by atoms with E-state index < -0.39 is 30.7 Å². The van der Waals surface area contributed by atoms with E-state index in [0.717, 1.165) is 44.6 Å². The van der Waals surface area contributed by atoms with Crippen molar-refractivity contribution in [3.63, 3.8) is 0 Å². The Balaban J connectivity index is 0.000000208. The largest absolute Gasteiger partial charge is 0 e. The van der Waals surface area contributed by atoms with Crippen LogP contribution in [0.4, 0.5) is 13.2 Å². The van der Waals surface area contributed by atoms with Crippen LogP contribution >= 0.6 is 0 Å². The topological polar surface area (TPSA) is 38.9 Å². The summed E-state index contributed by atoms with van der Waals surface area (Å²) < 4.78 is 48.9. The Bertz CT molecular complexity index is 2420. The van der Waals surface area contributed by atoms with Gasteiger partial charge in [-0.3, -0.25) is 0 Å². The van der Waals surface area contributed by atoms with E-state index >= 15 is 0 Å². The van der Waals surface area contributed by atoms with Gasteiger partial charge < -0.3 is 9.40 Å². The Labute approximate surface area is 298 Å². The molecule has 1 radical (unpaired) electrons. The zero-order valence-electron chi connectivity index (χ0n) is 26.8. The molecule has 0 aliphatic heterocycles. The minimum Gasteiger partial charge on any atom is 0 e. The molecule has 8 heteroatoms. The van der Waals surface area contributed by atoms with Gasteiger partial charge in [0.1, 0.15) is 5.58 Å². The molecule has 0 fully saturated rings. The fraction of sp³-hybridized carbons (Fsp3) is 0.0732. The van der Waals surface area contributed by atoms with Crippen molar-refractivity contribution in [1.29, 1.82) is 0 Å². The smallest absolute Gasteiger partial charge is 0 e. The number of hydrogen-bond acceptors (Lipinski definition) is 3. The molecule has 5 aromatic carbocycles. The maximum atomic E-state index is 14.3. The summed E-state index contributed by atoms with van der Waals surface area (Å²) in [7, 11) is 0. The zero-order valence-corrected chi connectivity index (χ0v) is 31.3. The second-order valence-corrected chi connectivity index (χ2v) is 23.2. The van der Waals surface area contributed by atoms with Gasteiger partial charge in [0.25, 0.3) is 0 Å². The number of fused-ring (bicyclic) bond motifs is 4. The van der Waals surface area contributed by atoms with E-state index in [9.17, 15) is 13.2 Å². The first-order valence-electron chi connectivity index (χ1n) is 15.5. The average Bonchev–Trinajstić information content (AvgIpc) is 3.49. The number of aromatic nitrogens is 2. The van der Waals surface area contributed by atoms with Crippen LogP contribution in [0, 0.1) is 29.6 Å². The van der Waals surface area contributed by atoms with Crippen LogP contribution in [0.15, 0.2) is 126 Å². The van der Waals surface area contributed by atoms with Gasteiger partial charge in [-0.15, -0.1) is 18.2 Å². The van der Waals surface area contributed by atoms with Crippen LogP contribution in [0.1, 0.15) is 0 Å². The van der Waals surface area contributed by atoms with Gasteiger partial charge in [0, 0.05) is 37.3 Å². The Hall–Kier alpha value is -4.56. The average molecular weight is 888 g/mol. The summed E-state index contributed by atoms with van der Waals surface area (Å²) in [5, 5.41) is 3.77. The first-order valence-corrected chi connectivity index (χ1v) is 22.8. The molecule has 245 valence electrons. The fourth-order valence-corrected chi connectivity index (χ4v) is 7.79. The SMILES string of the molecule is Fc1ccc(-c2ccc3c(c2)oc2c(-c4cc5ccccc5cn4)[c-]ccc23)c(F)c1F.[CH3][Ge]([CH3])([CH3])[c]1ccc(-c2[c-]cccc2)nc1.[Ir]. The molecule has 0 bridgehead atoms. The number of hydrogen-bond donors (Lipinski definition) is 0. The molecule has 0 atom stereocenters. The standard InChI is InChI=1S/C27H13F3NO.C14H16GeN.Ir/c28-22-11-10-18(25(29)26(22)30)16-8-9-19-20-6-3-7-21(27(20)32-24(19)13-16)23-12-15-4-1-2-5-17(15)14-31-23;1-15(2,3)13-9-10-14(16-11-13)12-7-5-4-6-8-12;/h1-6,8-14H;4-7,9-11H,1-3H3;/q2*-1;. The van der Waals surface area contributed by atoms with Crippen LogP contribution in [0.25, 0.3) is 66.4 Å². The van der Waals surface area contributed by atoms with E-state index in [4.69, 9.17) is 4.42 Å². The fourth-order valence-electron chi connectivity index (χ4n) is 5.62. The molecule has 0 saturated heterocycles. The van der Waals surface area contributed by atoms with Gasteiger partial charge in [0.05, 0.1) is 5.58 Å². The predicted molar refractivity (Wildman–Crippen MR) is 190 cm³/mol. The summed E-state index contributed by atoms with van der Waals surface area (Å²) in [5.74, 6) is 3.20. The molecule has 0 aliphatic rings. The molecule has 0 saturated carbocycles. The van der Waals surface area contributed by atoms with Crippen molar-refractivity contribution < 1.29 is 37.7 Å². The molecule has 8 rings (SSSR count). The zero-order chi connectivity index (χ0) is 33.4. The van der Waals surface area contributed by atoms with E-state index in [2.05, 4.69) is 51.5 Å². The van der Waals surface area contributed by atoms with Crippen LogP contribution in [0.3, 0.4) is 0 Å². The van der Waals surface area contributed by atoms with Crippen molar-refractivity contribution in [2.75, 3.05) is 0 Å². The first-order chi connectivity index (χ1) is 23.2. The number of benzene rings is 5. The Morgan fingerprint density at radius 2 is 1.43 bits per heavy atom. The number of nitrogens with zero attached hydrogens (tertiary/aromatic N) is 2. The van der Waals surface area contributed by atoms with E-state index in [0.29, 0.717) is 22.3 Å². The van der Waals surface area contributed by atoms with Crippen molar-refractivity contribution in [2.24, 2.45) is 0 Å². The molecule has 0 N–H and O–H groups in total. The van der Waals surface area contributed by atoms with Gasteiger partial charge in [-0.05, 0) is 40.2 Å². The molecule has 0 unspecified atom stereocenters. The van der Waals surface area contributed by atoms with Gasteiger partial charge >= 0.3 is 99.8 Å². The van der Waals surface area contributed by atoms with Crippen molar-refractivity contribution in [2.45, 2.75) is 17.3 Å². The Morgan fingerprint density at radius 3 is 2.16 bits per heavy atom. The van der Waals surface area contributed by atoms with E-state index in [1.807, 2.05) is 79.1 Å². The first kappa shape index (κ1) is 34.3. The molecule has 0 spiro atoms. The summed E-state index contributed by atoms with van der Waals surface area (Å²) in [6, 6.07) is 39.5. The van der Waals surface area contributed by atoms with Gasteiger partial charge in [-0.1, -0.05) is 53.4 Å². The molecular formula is C41H29F3GeIrN2O-2. The number of halogens is 3. The summed E-state index contributed by atoms with van der Waals surface area (Å²) in [6.07, 6.45) is 3.85. The molecule has 49 heavy (non-hydrogen) atoms. The van der Waals surface area contributed by atoms with E-state index in [1.54, 1.807) is 18.2 Å². The second kappa shape index (κ2) is 14.1. The molecule has 3 aromatic heterocycles. The molecule has 0 amide bonds. The minimum atomic E-state index is -1.72. The van der Waals surface area contributed by atoms with E-state index in [1.165, 1.54) is 10.5 Å². The van der Waals surface area contributed by atoms with Crippen molar-refractivity contribution in [1.82, 2.24) is 9.97 Å². The monoisotopic (exact) mass is 889 g/mol. The van der Waals surface area contributed by atoms with Crippen molar-refractivity contribution in [3.05, 3.63) is 151 Å². The predicted octanol–water partition coefficient (Wildman–Crippen LogP) is 10.8. The number of furan rings is 1. The molecular weight excluding hydrogens is 858 g/mol. The summed E-state index contributed by atoms with van der Waals surface area (Å²) in [6.45, 7) is 0.